The maximum absolute atomic E-state index is 14.0. The van der Waals surface area contributed by atoms with Gasteiger partial charge in [0.05, 0.1) is 6.54 Å². The zero-order valence-corrected chi connectivity index (χ0v) is 18.8. The van der Waals surface area contributed by atoms with E-state index in [1.807, 2.05) is 60.7 Å². The minimum Gasteiger partial charge on any atom is -0.369 e. The van der Waals surface area contributed by atoms with E-state index >= 15 is 0 Å². The normalized spacial score (nSPS) is 19.7. The molecule has 5 heteroatoms. The summed E-state index contributed by atoms with van der Waals surface area (Å²) in [5.74, 6) is 0.491. The standard InChI is InChI=1S/C27H25N3OS/c1-19-15-24(32-18-19)21-10-8-9-20(16-21)17-30-25(31)27(29-26(30)28,22-11-4-2-5-12-22)23-13-6-3-7-14-23/h2-15,18,21H,16-17H2,1H3,(H2,28,29). The fourth-order valence-corrected chi connectivity index (χ4v) is 5.52. The molecule has 2 aromatic carbocycles. The second-order valence-corrected chi connectivity index (χ2v) is 9.29. The van der Waals surface area contributed by atoms with Gasteiger partial charge in [-0.25, -0.2) is 4.99 Å². The Labute approximate surface area is 192 Å². The number of thiophene rings is 1. The minimum atomic E-state index is -1.15. The van der Waals surface area contributed by atoms with Crippen LogP contribution in [0.5, 0.6) is 0 Å². The van der Waals surface area contributed by atoms with Crippen molar-refractivity contribution in [3.8, 4) is 0 Å². The maximum atomic E-state index is 14.0. The SMILES string of the molecule is Cc1csc(C2C=CC=C(CN3C(=O)C(c4ccccc4)(c4ccccc4)N=C3N)C2)c1. The van der Waals surface area contributed by atoms with Crippen molar-refractivity contribution in [1.29, 1.82) is 0 Å². The molecular formula is C27H25N3OS. The van der Waals surface area contributed by atoms with Gasteiger partial charge in [-0.2, -0.15) is 0 Å². The summed E-state index contributed by atoms with van der Waals surface area (Å²) in [5, 5.41) is 2.18. The molecule has 0 radical (unpaired) electrons. The molecule has 1 unspecified atom stereocenters. The average Bonchev–Trinajstić information content (AvgIpc) is 3.37. The number of guanidine groups is 1. The van der Waals surface area contributed by atoms with E-state index in [9.17, 15) is 4.79 Å². The molecule has 0 fully saturated rings. The molecule has 0 spiro atoms. The van der Waals surface area contributed by atoms with Crippen molar-refractivity contribution < 1.29 is 4.79 Å². The minimum absolute atomic E-state index is 0.105. The number of rotatable bonds is 5. The van der Waals surface area contributed by atoms with Crippen LogP contribution in [-0.4, -0.2) is 23.3 Å². The Hall–Kier alpha value is -3.44. The largest absolute Gasteiger partial charge is 0.369 e. The summed E-state index contributed by atoms with van der Waals surface area (Å²) in [7, 11) is 0. The van der Waals surface area contributed by atoms with Crippen molar-refractivity contribution >= 4 is 23.2 Å². The van der Waals surface area contributed by atoms with E-state index in [0.29, 0.717) is 12.5 Å². The quantitative estimate of drug-likeness (QED) is 0.599. The highest BCUT2D eigenvalue weighted by molar-refractivity contribution is 7.10. The van der Waals surface area contributed by atoms with Crippen molar-refractivity contribution in [2.45, 2.75) is 24.8 Å². The molecule has 2 aliphatic rings. The molecule has 160 valence electrons. The Morgan fingerprint density at radius 2 is 1.75 bits per heavy atom. The molecule has 2 heterocycles. The van der Waals surface area contributed by atoms with Gasteiger partial charge in [-0.05, 0) is 47.1 Å². The second-order valence-electron chi connectivity index (χ2n) is 8.35. The predicted molar refractivity (Wildman–Crippen MR) is 131 cm³/mol. The van der Waals surface area contributed by atoms with Gasteiger partial charge in [-0.3, -0.25) is 9.69 Å². The van der Waals surface area contributed by atoms with Crippen LogP contribution in [0.4, 0.5) is 0 Å². The molecule has 1 aliphatic heterocycles. The lowest BCUT2D eigenvalue weighted by Gasteiger charge is -2.28. The van der Waals surface area contributed by atoms with Gasteiger partial charge in [0.1, 0.15) is 0 Å². The Morgan fingerprint density at radius 1 is 1.09 bits per heavy atom. The number of nitrogens with two attached hydrogens (primary N) is 1. The lowest BCUT2D eigenvalue weighted by molar-refractivity contribution is -0.129. The smallest absolute Gasteiger partial charge is 0.266 e. The highest BCUT2D eigenvalue weighted by Gasteiger charge is 2.50. The third-order valence-electron chi connectivity index (χ3n) is 6.13. The van der Waals surface area contributed by atoms with E-state index in [1.54, 1.807) is 16.2 Å². The van der Waals surface area contributed by atoms with Gasteiger partial charge in [0.25, 0.3) is 5.91 Å². The fraction of sp³-hybridized carbons (Fsp3) is 0.185. The molecule has 1 amide bonds. The molecule has 5 rings (SSSR count). The van der Waals surface area contributed by atoms with Crippen molar-refractivity contribution in [2.75, 3.05) is 6.54 Å². The zero-order valence-electron chi connectivity index (χ0n) is 17.9. The molecule has 0 bridgehead atoms. The van der Waals surface area contributed by atoms with Crippen molar-refractivity contribution in [3.63, 3.8) is 0 Å². The summed E-state index contributed by atoms with van der Waals surface area (Å²) in [6, 6.07) is 21.7. The van der Waals surface area contributed by atoms with Crippen LogP contribution in [0.1, 0.15) is 33.9 Å². The number of hydrogen-bond acceptors (Lipinski definition) is 4. The third kappa shape index (κ3) is 3.49. The lowest BCUT2D eigenvalue weighted by atomic mass is 9.82. The number of aliphatic imine (C=N–C) groups is 1. The first-order chi connectivity index (χ1) is 15.6. The van der Waals surface area contributed by atoms with Crippen LogP contribution >= 0.6 is 11.3 Å². The maximum Gasteiger partial charge on any atom is 0.266 e. The van der Waals surface area contributed by atoms with E-state index < -0.39 is 5.54 Å². The number of carbonyl (C=O) groups excluding carboxylic acids is 1. The number of aryl methyl sites for hydroxylation is 1. The molecule has 3 aromatic rings. The van der Waals surface area contributed by atoms with Gasteiger partial charge < -0.3 is 5.73 Å². The monoisotopic (exact) mass is 439 g/mol. The van der Waals surface area contributed by atoms with E-state index in [2.05, 4.69) is 36.6 Å². The number of amides is 1. The van der Waals surface area contributed by atoms with Gasteiger partial charge in [-0.1, -0.05) is 78.9 Å². The molecule has 0 saturated heterocycles. The predicted octanol–water partition coefficient (Wildman–Crippen LogP) is 5.13. The van der Waals surface area contributed by atoms with E-state index in [4.69, 9.17) is 10.7 Å². The summed E-state index contributed by atoms with van der Waals surface area (Å²) in [5.41, 5.74) is 9.36. The summed E-state index contributed by atoms with van der Waals surface area (Å²) >= 11 is 1.79. The molecule has 1 aromatic heterocycles. The molecule has 4 nitrogen and oxygen atoms in total. The number of nitrogens with zero attached hydrogens (tertiary/aromatic N) is 2. The first-order valence-corrected chi connectivity index (χ1v) is 11.7. The van der Waals surface area contributed by atoms with Gasteiger partial charge in [-0.15, -0.1) is 11.3 Å². The lowest BCUT2D eigenvalue weighted by Crippen LogP contribution is -2.44. The second kappa shape index (κ2) is 8.24. The molecule has 1 atom stereocenters. The molecule has 2 N–H and O–H groups in total. The van der Waals surface area contributed by atoms with Crippen LogP contribution in [0.25, 0.3) is 0 Å². The van der Waals surface area contributed by atoms with Crippen LogP contribution in [0.3, 0.4) is 0 Å². The highest BCUT2D eigenvalue weighted by atomic mass is 32.1. The van der Waals surface area contributed by atoms with Crippen LogP contribution in [0, 0.1) is 6.92 Å². The number of hydrogen-bond donors (Lipinski definition) is 1. The zero-order chi connectivity index (χ0) is 22.1. The number of benzene rings is 2. The Kier molecular flexibility index (Phi) is 5.27. The van der Waals surface area contributed by atoms with Crippen LogP contribution in [-0.2, 0) is 10.3 Å². The van der Waals surface area contributed by atoms with Crippen LogP contribution < -0.4 is 5.73 Å². The van der Waals surface area contributed by atoms with Crippen LogP contribution in [0.2, 0.25) is 0 Å². The summed E-state index contributed by atoms with van der Waals surface area (Å²) in [6.45, 7) is 2.57. The third-order valence-corrected chi connectivity index (χ3v) is 7.31. The van der Waals surface area contributed by atoms with Gasteiger partial charge in [0.15, 0.2) is 11.5 Å². The highest BCUT2D eigenvalue weighted by Crippen LogP contribution is 2.40. The first kappa shape index (κ1) is 20.5. The van der Waals surface area contributed by atoms with Crippen molar-refractivity contribution in [2.24, 2.45) is 10.7 Å². The topological polar surface area (TPSA) is 58.7 Å². The average molecular weight is 440 g/mol. The Bertz CT molecular complexity index is 1180. The van der Waals surface area contributed by atoms with Crippen molar-refractivity contribution in [3.05, 3.63) is 117 Å². The summed E-state index contributed by atoms with van der Waals surface area (Å²) < 4.78 is 0. The van der Waals surface area contributed by atoms with E-state index in [-0.39, 0.29) is 11.9 Å². The number of allylic oxidation sites excluding steroid dienone is 3. The molecule has 0 saturated carbocycles. The van der Waals surface area contributed by atoms with Gasteiger partial charge in [0, 0.05) is 10.8 Å². The summed E-state index contributed by atoms with van der Waals surface area (Å²) in [6.07, 6.45) is 7.30. The fourth-order valence-electron chi connectivity index (χ4n) is 4.54. The van der Waals surface area contributed by atoms with E-state index in [1.165, 1.54) is 16.0 Å². The Morgan fingerprint density at radius 3 is 2.34 bits per heavy atom. The first-order valence-electron chi connectivity index (χ1n) is 10.8. The summed E-state index contributed by atoms with van der Waals surface area (Å²) in [4.78, 5) is 21.7. The molecular weight excluding hydrogens is 414 g/mol. The Balaban J connectivity index is 1.46. The van der Waals surface area contributed by atoms with Gasteiger partial charge >= 0.3 is 0 Å². The van der Waals surface area contributed by atoms with Crippen LogP contribution in [0.15, 0.2) is 101 Å². The number of carbonyl (C=O) groups is 1. The van der Waals surface area contributed by atoms with E-state index in [0.717, 1.165) is 17.5 Å². The van der Waals surface area contributed by atoms with Gasteiger partial charge in [0.2, 0.25) is 0 Å². The molecule has 1 aliphatic carbocycles. The molecule has 32 heavy (non-hydrogen) atoms. The van der Waals surface area contributed by atoms with Crippen molar-refractivity contribution in [1.82, 2.24) is 4.90 Å².